The van der Waals surface area contributed by atoms with Gasteiger partial charge in [-0.15, -0.1) is 0 Å². The Kier molecular flexibility index (Phi) is 5.61. The number of hydrogen-bond donors (Lipinski definition) is 3. The molecule has 0 aromatic heterocycles. The first-order valence-electron chi connectivity index (χ1n) is 8.66. The number of rotatable bonds is 5. The lowest BCUT2D eigenvalue weighted by atomic mass is 10.0. The van der Waals surface area contributed by atoms with Crippen LogP contribution in [0, 0.1) is 0 Å². The van der Waals surface area contributed by atoms with Crippen molar-refractivity contribution in [2.75, 3.05) is 13.7 Å². The number of nitrogens with zero attached hydrogens (tertiary/aromatic N) is 1. The molecule has 1 aliphatic rings. The number of carboxylic acid groups (broad SMARTS) is 1. The molecule has 7 nitrogen and oxygen atoms in total. The first kappa shape index (κ1) is 18.7. The second kappa shape index (κ2) is 8.09. The van der Waals surface area contributed by atoms with Gasteiger partial charge < -0.3 is 25.2 Å². The maximum atomic E-state index is 12.7. The lowest BCUT2D eigenvalue weighted by Gasteiger charge is -2.25. The Hall–Kier alpha value is -3.06. The van der Waals surface area contributed by atoms with Crippen LogP contribution in [0.4, 0.5) is 4.79 Å². The van der Waals surface area contributed by atoms with Crippen LogP contribution >= 0.6 is 0 Å². The van der Waals surface area contributed by atoms with E-state index in [9.17, 15) is 14.7 Å². The number of amides is 2. The molecule has 0 spiro atoms. The molecule has 2 unspecified atom stereocenters. The predicted octanol–water partition coefficient (Wildman–Crippen LogP) is 2.41. The lowest BCUT2D eigenvalue weighted by Crippen LogP contribution is -2.39. The Morgan fingerprint density at radius 3 is 2.63 bits per heavy atom. The zero-order valence-electron chi connectivity index (χ0n) is 15.0. The molecule has 0 saturated carbocycles. The number of β-amino-alcohol motifs (C(OH)–C–C–N with tert-alkyl or cyclic N) is 1. The van der Waals surface area contributed by atoms with Gasteiger partial charge in [0.25, 0.3) is 0 Å². The van der Waals surface area contributed by atoms with Crippen molar-refractivity contribution >= 4 is 12.0 Å². The maximum absolute atomic E-state index is 12.7. The van der Waals surface area contributed by atoms with Gasteiger partial charge in [-0.3, -0.25) is 0 Å². The van der Waals surface area contributed by atoms with Gasteiger partial charge >= 0.3 is 12.0 Å². The van der Waals surface area contributed by atoms with Crippen molar-refractivity contribution in [1.29, 1.82) is 0 Å². The molecule has 27 heavy (non-hydrogen) atoms. The topological polar surface area (TPSA) is 99.1 Å². The van der Waals surface area contributed by atoms with Gasteiger partial charge in [0.2, 0.25) is 0 Å². The van der Waals surface area contributed by atoms with E-state index in [1.165, 1.54) is 12.1 Å². The smallest absolute Gasteiger partial charge is 0.335 e. The Morgan fingerprint density at radius 1 is 1.22 bits per heavy atom. The molecule has 2 aromatic carbocycles. The molecule has 2 amide bonds. The van der Waals surface area contributed by atoms with Crippen molar-refractivity contribution in [3.63, 3.8) is 0 Å². The normalized spacial score (nSPS) is 19.0. The summed E-state index contributed by atoms with van der Waals surface area (Å²) < 4.78 is 5.25. The van der Waals surface area contributed by atoms with Crippen molar-refractivity contribution in [1.82, 2.24) is 10.2 Å². The van der Waals surface area contributed by atoms with Crippen LogP contribution in [0.1, 0.15) is 33.9 Å². The standard InChI is InChI=1S/C20H22N2O5/c1-27-17-4-2-3-15(9-17)18-10-16(23)12-22(18)20(26)21-11-13-5-7-14(8-6-13)19(24)25/h2-9,16,18,23H,10-12H2,1H3,(H,21,26)(H,24,25). The molecule has 7 heteroatoms. The highest BCUT2D eigenvalue weighted by Gasteiger charge is 2.35. The van der Waals surface area contributed by atoms with Gasteiger partial charge in [-0.2, -0.15) is 0 Å². The number of nitrogens with one attached hydrogen (secondary N) is 1. The number of carbonyl (C=O) groups excluding carboxylic acids is 1. The summed E-state index contributed by atoms with van der Waals surface area (Å²) in [5, 5.41) is 21.8. The number of hydrogen-bond acceptors (Lipinski definition) is 4. The van der Waals surface area contributed by atoms with E-state index < -0.39 is 12.1 Å². The zero-order valence-corrected chi connectivity index (χ0v) is 15.0. The number of methoxy groups -OCH3 is 1. The highest BCUT2D eigenvalue weighted by atomic mass is 16.5. The number of aromatic carboxylic acids is 1. The number of carboxylic acids is 1. The maximum Gasteiger partial charge on any atom is 0.335 e. The number of ether oxygens (including phenoxy) is 1. The third-order valence-corrected chi connectivity index (χ3v) is 4.66. The van der Waals surface area contributed by atoms with Gasteiger partial charge in [-0.25, -0.2) is 9.59 Å². The fourth-order valence-corrected chi connectivity index (χ4v) is 3.25. The third-order valence-electron chi connectivity index (χ3n) is 4.66. The molecular formula is C20H22N2O5. The number of aliphatic hydroxyl groups is 1. The summed E-state index contributed by atoms with van der Waals surface area (Å²) in [4.78, 5) is 25.2. The fraction of sp³-hybridized carbons (Fsp3) is 0.300. The van der Waals surface area contributed by atoms with E-state index in [0.29, 0.717) is 12.2 Å². The molecule has 0 radical (unpaired) electrons. The average molecular weight is 370 g/mol. The molecule has 0 bridgehead atoms. The Balaban J connectivity index is 1.67. The number of aliphatic hydroxyl groups excluding tert-OH is 1. The van der Waals surface area contributed by atoms with Crippen LogP contribution in [-0.2, 0) is 6.54 Å². The molecule has 3 N–H and O–H groups in total. The average Bonchev–Trinajstić information content (AvgIpc) is 3.08. The molecule has 2 aromatic rings. The first-order chi connectivity index (χ1) is 13.0. The van der Waals surface area contributed by atoms with Crippen LogP contribution in [0.3, 0.4) is 0 Å². The molecule has 142 valence electrons. The molecule has 1 heterocycles. The monoisotopic (exact) mass is 370 g/mol. The quantitative estimate of drug-likeness (QED) is 0.751. The van der Waals surface area contributed by atoms with Crippen LogP contribution in [-0.4, -0.2) is 46.9 Å². The highest BCUT2D eigenvalue weighted by Crippen LogP contribution is 2.33. The summed E-state index contributed by atoms with van der Waals surface area (Å²) in [6, 6.07) is 13.3. The molecule has 1 saturated heterocycles. The molecule has 2 atom stereocenters. The van der Waals surface area contributed by atoms with Crippen LogP contribution < -0.4 is 10.1 Å². The Labute approximate surface area is 157 Å². The largest absolute Gasteiger partial charge is 0.497 e. The number of urea groups is 1. The molecular weight excluding hydrogens is 348 g/mol. The van der Waals surface area contributed by atoms with Gasteiger partial charge in [0.1, 0.15) is 5.75 Å². The van der Waals surface area contributed by atoms with Crippen molar-refractivity contribution in [3.05, 3.63) is 65.2 Å². The third kappa shape index (κ3) is 4.38. The summed E-state index contributed by atoms with van der Waals surface area (Å²) in [6.45, 7) is 0.530. The van der Waals surface area contributed by atoms with Gasteiger partial charge in [-0.05, 0) is 41.8 Å². The second-order valence-electron chi connectivity index (χ2n) is 6.50. The lowest BCUT2D eigenvalue weighted by molar-refractivity contribution is 0.0697. The van der Waals surface area contributed by atoms with Crippen LogP contribution in [0.15, 0.2) is 48.5 Å². The SMILES string of the molecule is COc1cccc(C2CC(O)CN2C(=O)NCc2ccc(C(=O)O)cc2)c1. The summed E-state index contributed by atoms with van der Waals surface area (Å²) in [5.74, 6) is -0.287. The molecule has 0 aliphatic carbocycles. The van der Waals surface area contributed by atoms with Crippen molar-refractivity contribution in [3.8, 4) is 5.75 Å². The number of carbonyl (C=O) groups is 2. The van der Waals surface area contributed by atoms with Crippen molar-refractivity contribution in [2.24, 2.45) is 0 Å². The second-order valence-corrected chi connectivity index (χ2v) is 6.50. The van der Waals surface area contributed by atoms with E-state index in [2.05, 4.69) is 5.32 Å². The van der Waals surface area contributed by atoms with Gasteiger partial charge in [0.05, 0.1) is 24.8 Å². The van der Waals surface area contributed by atoms with E-state index in [4.69, 9.17) is 9.84 Å². The van der Waals surface area contributed by atoms with E-state index >= 15 is 0 Å². The number of benzene rings is 2. The minimum absolute atomic E-state index is 0.200. The van der Waals surface area contributed by atoms with Crippen molar-refractivity contribution < 1.29 is 24.5 Å². The highest BCUT2D eigenvalue weighted by molar-refractivity contribution is 5.87. The number of likely N-dealkylation sites (tertiary alicyclic amines) is 1. The fourth-order valence-electron chi connectivity index (χ4n) is 3.25. The Morgan fingerprint density at radius 2 is 1.96 bits per heavy atom. The van der Waals surface area contributed by atoms with Gasteiger partial charge in [0.15, 0.2) is 0 Å². The summed E-state index contributed by atoms with van der Waals surface area (Å²) in [6.07, 6.45) is -0.115. The molecule has 3 rings (SSSR count). The summed E-state index contributed by atoms with van der Waals surface area (Å²) in [5.41, 5.74) is 1.91. The van der Waals surface area contributed by atoms with Crippen LogP contribution in [0.2, 0.25) is 0 Å². The van der Waals surface area contributed by atoms with Crippen LogP contribution in [0.5, 0.6) is 5.75 Å². The van der Waals surface area contributed by atoms with Gasteiger partial charge in [0, 0.05) is 13.1 Å². The van der Waals surface area contributed by atoms with E-state index in [1.807, 2.05) is 24.3 Å². The summed E-state index contributed by atoms with van der Waals surface area (Å²) in [7, 11) is 1.59. The van der Waals surface area contributed by atoms with E-state index in [1.54, 1.807) is 24.1 Å². The minimum Gasteiger partial charge on any atom is -0.497 e. The predicted molar refractivity (Wildman–Crippen MR) is 98.7 cm³/mol. The summed E-state index contributed by atoms with van der Waals surface area (Å²) >= 11 is 0. The Bertz CT molecular complexity index is 821. The van der Waals surface area contributed by atoms with E-state index in [0.717, 1.165) is 11.1 Å². The van der Waals surface area contributed by atoms with Gasteiger partial charge in [-0.1, -0.05) is 24.3 Å². The molecule has 1 aliphatic heterocycles. The van der Waals surface area contributed by atoms with Crippen molar-refractivity contribution in [2.45, 2.75) is 25.1 Å². The molecule has 1 fully saturated rings. The van der Waals surface area contributed by atoms with Crippen LogP contribution in [0.25, 0.3) is 0 Å². The zero-order chi connectivity index (χ0) is 19.4. The first-order valence-corrected chi connectivity index (χ1v) is 8.66. The van der Waals surface area contributed by atoms with E-state index in [-0.39, 0.29) is 30.7 Å². The minimum atomic E-state index is -0.988.